The molecule has 0 bridgehead atoms. The van der Waals surface area contributed by atoms with Gasteiger partial charge >= 0.3 is 5.97 Å². The van der Waals surface area contributed by atoms with Crippen LogP contribution in [0.5, 0.6) is 0 Å². The lowest BCUT2D eigenvalue weighted by Gasteiger charge is -2.06. The zero-order valence-electron chi connectivity index (χ0n) is 16.9. The zero-order chi connectivity index (χ0) is 22.6. The molecule has 2 heterocycles. The van der Waals surface area contributed by atoms with Gasteiger partial charge in [-0.05, 0) is 51.0 Å². The van der Waals surface area contributed by atoms with Crippen LogP contribution >= 0.6 is 22.9 Å². The van der Waals surface area contributed by atoms with Gasteiger partial charge in [0.15, 0.2) is 5.76 Å². The summed E-state index contributed by atoms with van der Waals surface area (Å²) in [6.07, 6.45) is 4.68. The first-order chi connectivity index (χ1) is 14.1. The normalized spacial score (nSPS) is 12.8. The minimum Gasteiger partial charge on any atom is -0.478 e. The number of allylic oxidation sites excluding steroid dienone is 6. The van der Waals surface area contributed by atoms with Gasteiger partial charge in [-0.3, -0.25) is 4.79 Å². The highest BCUT2D eigenvalue weighted by Gasteiger charge is 2.24. The molecule has 0 fully saturated rings. The predicted molar refractivity (Wildman–Crippen MR) is 120 cm³/mol. The number of carboxylic acid groups (broad SMARTS) is 1. The number of furan rings is 1. The van der Waals surface area contributed by atoms with E-state index >= 15 is 0 Å². The number of aryl methyl sites for hydroxylation is 1. The predicted octanol–water partition coefficient (Wildman–Crippen LogP) is 7.03. The molecule has 0 aromatic carbocycles. The summed E-state index contributed by atoms with van der Waals surface area (Å²) in [7, 11) is 0. The van der Waals surface area contributed by atoms with Crippen LogP contribution in [0.4, 0.5) is 9.39 Å². The van der Waals surface area contributed by atoms with Crippen molar-refractivity contribution in [2.75, 3.05) is 5.32 Å². The number of amides is 1. The first-order valence-electron chi connectivity index (χ1n) is 8.85. The Kier molecular flexibility index (Phi) is 7.59. The van der Waals surface area contributed by atoms with Crippen LogP contribution < -0.4 is 5.32 Å². The van der Waals surface area contributed by atoms with Crippen molar-refractivity contribution in [2.45, 2.75) is 27.7 Å². The number of anilines is 1. The number of hydrogen-bond acceptors (Lipinski definition) is 4. The average Bonchev–Trinajstić information content (AvgIpc) is 3.25. The lowest BCUT2D eigenvalue weighted by molar-refractivity contribution is 0.0698. The number of carbonyl (C=O) groups is 2. The Bertz CT molecular complexity index is 1100. The monoisotopic (exact) mass is 449 g/mol. The lowest BCUT2D eigenvalue weighted by atomic mass is 10.0. The molecule has 0 saturated heterocycles. The van der Waals surface area contributed by atoms with Gasteiger partial charge in [0.1, 0.15) is 22.2 Å². The number of thiophene rings is 1. The third-order valence-corrected chi connectivity index (χ3v) is 5.51. The summed E-state index contributed by atoms with van der Waals surface area (Å²) in [5.74, 6) is -1.99. The Balaban J connectivity index is 2.42. The maximum absolute atomic E-state index is 14.6. The fourth-order valence-corrected chi connectivity index (χ4v) is 3.62. The molecule has 2 aromatic heterocycles. The highest BCUT2D eigenvalue weighted by Crippen LogP contribution is 2.35. The number of halogens is 2. The first kappa shape index (κ1) is 23.4. The van der Waals surface area contributed by atoms with Gasteiger partial charge < -0.3 is 14.8 Å². The summed E-state index contributed by atoms with van der Waals surface area (Å²) in [5.41, 5.74) is 1.23. The quantitative estimate of drug-likeness (QED) is 0.444. The lowest BCUT2D eigenvalue weighted by Crippen LogP contribution is -2.13. The summed E-state index contributed by atoms with van der Waals surface area (Å²) in [6.45, 7) is 10.3. The maximum atomic E-state index is 14.6. The zero-order valence-corrected chi connectivity index (χ0v) is 18.5. The topological polar surface area (TPSA) is 79.5 Å². The van der Waals surface area contributed by atoms with Crippen molar-refractivity contribution < 1.29 is 23.5 Å². The second-order valence-electron chi connectivity index (χ2n) is 6.48. The molecule has 0 unspecified atom stereocenters. The highest BCUT2D eigenvalue weighted by molar-refractivity contribution is 7.15. The van der Waals surface area contributed by atoms with E-state index in [0.29, 0.717) is 11.3 Å². The molecular weight excluding hydrogens is 429 g/mol. The minimum absolute atomic E-state index is 0.0431. The van der Waals surface area contributed by atoms with E-state index in [1.165, 1.54) is 12.3 Å². The first-order valence-corrected chi connectivity index (χ1v) is 10.1. The fourth-order valence-electron chi connectivity index (χ4n) is 2.53. The second-order valence-corrected chi connectivity index (χ2v) is 7.77. The van der Waals surface area contributed by atoms with E-state index < -0.39 is 17.7 Å². The summed E-state index contributed by atoms with van der Waals surface area (Å²) in [6, 6.07) is 1.56. The molecule has 0 aliphatic carbocycles. The molecule has 0 aliphatic rings. The third-order valence-electron chi connectivity index (χ3n) is 4.18. The van der Waals surface area contributed by atoms with Crippen molar-refractivity contribution in [3.63, 3.8) is 0 Å². The van der Waals surface area contributed by atoms with E-state index in [2.05, 4.69) is 11.9 Å². The molecule has 0 saturated carbocycles. The van der Waals surface area contributed by atoms with Crippen LogP contribution in [-0.2, 0) is 0 Å². The average molecular weight is 450 g/mol. The van der Waals surface area contributed by atoms with Crippen LogP contribution in [0.15, 0.2) is 51.0 Å². The number of nitrogens with one attached hydrogen (secondary N) is 1. The number of rotatable bonds is 7. The van der Waals surface area contributed by atoms with E-state index in [1.807, 2.05) is 13.0 Å². The van der Waals surface area contributed by atoms with Crippen molar-refractivity contribution in [2.24, 2.45) is 0 Å². The minimum atomic E-state index is -1.30. The number of hydrogen-bond donors (Lipinski definition) is 2. The van der Waals surface area contributed by atoms with E-state index in [-0.39, 0.29) is 32.5 Å². The van der Waals surface area contributed by atoms with Crippen LogP contribution in [0.1, 0.15) is 58.6 Å². The van der Waals surface area contributed by atoms with Crippen molar-refractivity contribution in [3.8, 4) is 0 Å². The van der Waals surface area contributed by atoms with Gasteiger partial charge in [-0.1, -0.05) is 30.3 Å². The van der Waals surface area contributed by atoms with Gasteiger partial charge in [0.05, 0.1) is 0 Å². The summed E-state index contributed by atoms with van der Waals surface area (Å²) >= 11 is 6.90. The molecule has 0 spiro atoms. The van der Waals surface area contributed by atoms with Gasteiger partial charge in [-0.2, -0.15) is 0 Å². The maximum Gasteiger partial charge on any atom is 0.339 e. The van der Waals surface area contributed by atoms with Gasteiger partial charge in [0.25, 0.3) is 5.91 Å². The van der Waals surface area contributed by atoms with Crippen molar-refractivity contribution >= 4 is 51.5 Å². The number of carbonyl (C=O) groups excluding carboxylic acids is 1. The summed E-state index contributed by atoms with van der Waals surface area (Å²) in [4.78, 5) is 24.4. The van der Waals surface area contributed by atoms with Gasteiger partial charge in [0, 0.05) is 21.5 Å². The van der Waals surface area contributed by atoms with E-state index in [1.54, 1.807) is 26.0 Å². The smallest absolute Gasteiger partial charge is 0.339 e. The van der Waals surface area contributed by atoms with Crippen LogP contribution in [0.3, 0.4) is 0 Å². The molecule has 1 amide bonds. The van der Waals surface area contributed by atoms with E-state index in [0.717, 1.165) is 23.0 Å². The Labute approximate surface area is 182 Å². The molecule has 8 heteroatoms. The molecule has 30 heavy (non-hydrogen) atoms. The van der Waals surface area contributed by atoms with Gasteiger partial charge in [-0.25, -0.2) is 9.18 Å². The van der Waals surface area contributed by atoms with E-state index in [9.17, 15) is 19.1 Å². The molecule has 5 nitrogen and oxygen atoms in total. The third kappa shape index (κ3) is 5.17. The highest BCUT2D eigenvalue weighted by atomic mass is 35.5. The van der Waals surface area contributed by atoms with Gasteiger partial charge in [-0.15, -0.1) is 11.3 Å². The van der Waals surface area contributed by atoms with Gasteiger partial charge in [0.2, 0.25) is 0 Å². The van der Waals surface area contributed by atoms with Crippen LogP contribution in [-0.4, -0.2) is 17.0 Å². The molecule has 0 atom stereocenters. The van der Waals surface area contributed by atoms with Crippen molar-refractivity contribution in [1.29, 1.82) is 0 Å². The standard InChI is InChI=1S/C22H21ClFNO4S/c1-6-7-14-8-18(29-13(14)5)20(26)25-21-19(22(27)28)15(10-30-21)12(4)17(24)9-16(23)11(2)3/h6-10H,2H2,1,3-5H3,(H,25,26)(H,27,28). The largest absolute Gasteiger partial charge is 0.478 e. The second kappa shape index (κ2) is 9.73. The molecule has 158 valence electrons. The SMILES string of the molecule is C=C(C)C(Cl)=CC(F)=C(C)c1csc(NC(=O)c2cc(C=CC)c(C)o2)c1C(=O)O. The number of carboxylic acids is 1. The molecular formula is C22H21ClFNO4S. The summed E-state index contributed by atoms with van der Waals surface area (Å²) in [5, 5.41) is 13.9. The molecule has 2 N–H and O–H groups in total. The fraction of sp³-hybridized carbons (Fsp3) is 0.182. The van der Waals surface area contributed by atoms with Crippen molar-refractivity contribution in [3.05, 3.63) is 74.8 Å². The Morgan fingerprint density at radius 2 is 2.03 bits per heavy atom. The summed E-state index contributed by atoms with van der Waals surface area (Å²) < 4.78 is 20.0. The van der Waals surface area contributed by atoms with Crippen molar-refractivity contribution in [1.82, 2.24) is 0 Å². The van der Waals surface area contributed by atoms with E-state index in [4.69, 9.17) is 16.0 Å². The Hall–Kier alpha value is -2.90. The molecule has 0 radical (unpaired) electrons. The Morgan fingerprint density at radius 3 is 2.60 bits per heavy atom. The number of aromatic carboxylic acids is 1. The molecule has 2 rings (SSSR count). The van der Waals surface area contributed by atoms with Crippen LogP contribution in [0.2, 0.25) is 0 Å². The Morgan fingerprint density at radius 1 is 1.37 bits per heavy atom. The van der Waals surface area contributed by atoms with Crippen LogP contribution in [0.25, 0.3) is 11.6 Å². The molecule has 0 aliphatic heterocycles. The van der Waals surface area contributed by atoms with Crippen LogP contribution in [0, 0.1) is 6.92 Å². The molecule has 2 aromatic rings.